The molecule has 18 nitrogen and oxygen atoms in total. The molecule has 4 amide bonds. The topological polar surface area (TPSA) is 228 Å². The Morgan fingerprint density at radius 3 is 0.911 bits per heavy atom. The summed E-state index contributed by atoms with van der Waals surface area (Å²) in [5.74, 6) is -2.20. The van der Waals surface area contributed by atoms with E-state index in [4.69, 9.17) is 28.4 Å². The number of esters is 2. The fourth-order valence-corrected chi connectivity index (χ4v) is 4.63. The van der Waals surface area contributed by atoms with Crippen molar-refractivity contribution in [3.63, 3.8) is 0 Å². The van der Waals surface area contributed by atoms with Gasteiger partial charge in [-0.15, -0.1) is 0 Å². The Balaban J connectivity index is 7.03. The SMILES string of the molecule is CC(C)(C)OC(=O)[C@H](CCC(O)C(CC[C@@H](C(=O)OC(C)(C)C)N(C(=O)OC(C)(C)C)C(=O)OC(C)(C)C)[N+](=O)[O-])N(C(=O)OC(C)(C)C)C(=O)OC(C)(C)C. The van der Waals surface area contributed by atoms with Crippen molar-refractivity contribution < 1.29 is 67.2 Å². The fraction of sp³-hybridized carbons (Fsp3) is 0.842. The Bertz CT molecular complexity index is 1350. The summed E-state index contributed by atoms with van der Waals surface area (Å²) in [4.78, 5) is 93.6. The zero-order valence-electron chi connectivity index (χ0n) is 36.6. The predicted molar refractivity (Wildman–Crippen MR) is 203 cm³/mol. The molecule has 0 aliphatic rings. The molecule has 0 aromatic carbocycles. The number of aliphatic hydroxyl groups excluding tert-OH is 1. The lowest BCUT2D eigenvalue weighted by Gasteiger charge is -2.34. The molecule has 1 N–H and O–H groups in total. The van der Waals surface area contributed by atoms with E-state index in [1.807, 2.05) is 0 Å². The third-order valence-electron chi connectivity index (χ3n) is 6.53. The highest BCUT2D eigenvalue weighted by atomic mass is 16.6. The molecule has 56 heavy (non-hydrogen) atoms. The van der Waals surface area contributed by atoms with Crippen molar-refractivity contribution in [2.24, 2.45) is 0 Å². The number of aliphatic hydroxyl groups is 1. The quantitative estimate of drug-likeness (QED) is 0.0882. The molecule has 0 spiro atoms. The summed E-state index contributed by atoms with van der Waals surface area (Å²) < 4.78 is 32.7. The van der Waals surface area contributed by atoms with Crippen LogP contribution in [0.15, 0.2) is 0 Å². The summed E-state index contributed by atoms with van der Waals surface area (Å²) in [6.07, 6.45) is -9.36. The number of carbonyl (C=O) groups is 6. The molecule has 0 saturated heterocycles. The molecule has 0 aliphatic carbocycles. The number of ether oxygens (including phenoxy) is 6. The molecule has 0 fully saturated rings. The largest absolute Gasteiger partial charge is 0.458 e. The maximum atomic E-state index is 13.6. The molecular weight excluding hydrogens is 738 g/mol. The third kappa shape index (κ3) is 20.6. The highest BCUT2D eigenvalue weighted by molar-refractivity contribution is 5.95. The average Bonchev–Trinajstić information content (AvgIpc) is 2.88. The Hall–Kier alpha value is -4.22. The van der Waals surface area contributed by atoms with E-state index >= 15 is 0 Å². The first-order chi connectivity index (χ1) is 24.7. The van der Waals surface area contributed by atoms with Crippen molar-refractivity contribution in [3.05, 3.63) is 10.1 Å². The minimum Gasteiger partial charge on any atom is -0.458 e. The van der Waals surface area contributed by atoms with Crippen molar-refractivity contribution in [2.45, 2.75) is 208 Å². The number of amides is 4. The zero-order chi connectivity index (χ0) is 44.6. The standard InChI is InChI=1S/C38H67N3O15/c1-33(2,3)51-27(43)24(39(29(45)53-35(7,8)9)30(46)54-36(10,11)12)20-19-23(41(49)50)26(42)22-21-25(28(44)52-34(4,5)6)40(31(47)55-37(13,14)15)32(48)56-38(16,17)18/h23-26,42H,19-22H2,1-18H3/t23?,24-,25-,26?/m0/s1. The van der Waals surface area contributed by atoms with Gasteiger partial charge in [-0.2, -0.15) is 9.80 Å². The van der Waals surface area contributed by atoms with Crippen molar-refractivity contribution in [1.29, 1.82) is 0 Å². The second-order valence-corrected chi connectivity index (χ2v) is 19.3. The smallest absolute Gasteiger partial charge is 0.420 e. The molecule has 0 radical (unpaired) electrons. The van der Waals surface area contributed by atoms with Gasteiger partial charge in [0.15, 0.2) is 0 Å². The van der Waals surface area contributed by atoms with Gasteiger partial charge in [-0.1, -0.05) is 0 Å². The normalized spacial score (nSPS) is 14.9. The van der Waals surface area contributed by atoms with E-state index in [1.54, 1.807) is 20.8 Å². The average molecular weight is 806 g/mol. The summed E-state index contributed by atoms with van der Waals surface area (Å²) in [6, 6.07) is -5.49. The zero-order valence-corrected chi connectivity index (χ0v) is 36.6. The maximum absolute atomic E-state index is 13.6. The molecule has 0 aromatic rings. The number of carbonyl (C=O) groups excluding carboxylic acids is 6. The van der Waals surface area contributed by atoms with Crippen molar-refractivity contribution >= 4 is 36.3 Å². The molecule has 0 aliphatic heterocycles. The Morgan fingerprint density at radius 2 is 0.696 bits per heavy atom. The first-order valence-corrected chi connectivity index (χ1v) is 18.5. The van der Waals surface area contributed by atoms with Crippen LogP contribution in [0.5, 0.6) is 0 Å². The Kier molecular flexibility index (Phi) is 17.8. The number of imide groups is 2. The van der Waals surface area contributed by atoms with Crippen LogP contribution in [-0.2, 0) is 38.0 Å². The lowest BCUT2D eigenvalue weighted by Crippen LogP contribution is -2.54. The molecule has 324 valence electrons. The van der Waals surface area contributed by atoms with E-state index < -0.39 is 125 Å². The van der Waals surface area contributed by atoms with Gasteiger partial charge >= 0.3 is 36.3 Å². The van der Waals surface area contributed by atoms with Crippen LogP contribution < -0.4 is 0 Å². The van der Waals surface area contributed by atoms with Gasteiger partial charge in [-0.25, -0.2) is 28.8 Å². The van der Waals surface area contributed by atoms with Gasteiger partial charge in [-0.3, -0.25) is 10.1 Å². The molecule has 18 heteroatoms. The van der Waals surface area contributed by atoms with E-state index in [0.717, 1.165) is 0 Å². The molecule has 0 bridgehead atoms. The third-order valence-corrected chi connectivity index (χ3v) is 6.53. The number of nitro groups is 1. The number of hydrogen-bond donors (Lipinski definition) is 1. The first kappa shape index (κ1) is 51.8. The van der Waals surface area contributed by atoms with E-state index in [1.165, 1.54) is 104 Å². The summed E-state index contributed by atoms with van der Waals surface area (Å²) in [5.41, 5.74) is -6.81. The predicted octanol–water partition coefficient (Wildman–Crippen LogP) is 7.32. The Morgan fingerprint density at radius 1 is 0.464 bits per heavy atom. The van der Waals surface area contributed by atoms with Gasteiger partial charge in [0.05, 0.1) is 0 Å². The summed E-state index contributed by atoms with van der Waals surface area (Å²) in [7, 11) is 0. The van der Waals surface area contributed by atoms with Gasteiger partial charge in [0.1, 0.15) is 51.8 Å². The Labute approximate surface area is 331 Å². The van der Waals surface area contributed by atoms with E-state index in [-0.39, 0.29) is 0 Å². The minimum absolute atomic E-state index is 0.395. The van der Waals surface area contributed by atoms with Crippen LogP contribution in [0.2, 0.25) is 0 Å². The van der Waals surface area contributed by atoms with Gasteiger partial charge < -0.3 is 33.5 Å². The lowest BCUT2D eigenvalue weighted by molar-refractivity contribution is -0.535. The second kappa shape index (κ2) is 19.3. The van der Waals surface area contributed by atoms with Crippen molar-refractivity contribution in [1.82, 2.24) is 9.80 Å². The van der Waals surface area contributed by atoms with Crippen molar-refractivity contribution in [3.8, 4) is 0 Å². The van der Waals surface area contributed by atoms with Crippen LogP contribution in [-0.4, -0.2) is 114 Å². The van der Waals surface area contributed by atoms with Crippen LogP contribution >= 0.6 is 0 Å². The van der Waals surface area contributed by atoms with E-state index in [0.29, 0.717) is 9.80 Å². The highest BCUT2D eigenvalue weighted by Crippen LogP contribution is 2.26. The van der Waals surface area contributed by atoms with Gasteiger partial charge in [0.2, 0.25) is 6.04 Å². The lowest BCUT2D eigenvalue weighted by atomic mass is 9.96. The summed E-state index contributed by atoms with van der Waals surface area (Å²) in [6.45, 7) is 27.6. The fourth-order valence-electron chi connectivity index (χ4n) is 4.63. The summed E-state index contributed by atoms with van der Waals surface area (Å²) in [5, 5.41) is 23.8. The second-order valence-electron chi connectivity index (χ2n) is 19.3. The minimum atomic E-state index is -1.88. The molecular formula is C38H67N3O15. The maximum Gasteiger partial charge on any atom is 0.420 e. The van der Waals surface area contributed by atoms with Gasteiger partial charge in [0.25, 0.3) is 0 Å². The van der Waals surface area contributed by atoms with E-state index in [2.05, 4.69) is 0 Å². The number of rotatable bonds is 12. The van der Waals surface area contributed by atoms with Crippen LogP contribution in [0.1, 0.15) is 150 Å². The molecule has 2 unspecified atom stereocenters. The van der Waals surface area contributed by atoms with Gasteiger partial charge in [-0.05, 0) is 144 Å². The highest BCUT2D eigenvalue weighted by Gasteiger charge is 2.46. The summed E-state index contributed by atoms with van der Waals surface area (Å²) >= 11 is 0. The van der Waals surface area contributed by atoms with Crippen LogP contribution in [0.4, 0.5) is 19.2 Å². The first-order valence-electron chi connectivity index (χ1n) is 18.5. The van der Waals surface area contributed by atoms with Gasteiger partial charge in [0, 0.05) is 11.3 Å². The molecule has 0 aromatic heterocycles. The molecule has 4 atom stereocenters. The van der Waals surface area contributed by atoms with Crippen LogP contribution in [0, 0.1) is 10.1 Å². The van der Waals surface area contributed by atoms with Crippen LogP contribution in [0.3, 0.4) is 0 Å². The van der Waals surface area contributed by atoms with Crippen molar-refractivity contribution in [2.75, 3.05) is 0 Å². The van der Waals surface area contributed by atoms with Crippen LogP contribution in [0.25, 0.3) is 0 Å². The van der Waals surface area contributed by atoms with E-state index in [9.17, 15) is 44.0 Å². The molecule has 0 saturated carbocycles. The monoisotopic (exact) mass is 805 g/mol. The number of hydrogen-bond acceptors (Lipinski definition) is 15. The molecule has 0 heterocycles. The molecule has 0 rings (SSSR count). The number of nitrogens with zero attached hydrogens (tertiary/aromatic N) is 3.